The van der Waals surface area contributed by atoms with Crippen LogP contribution in [0.25, 0.3) is 0 Å². The number of hydrogen-bond donors (Lipinski definition) is 1. The molecular formula is C21H20N4O2S. The molecule has 3 aromatic rings. The van der Waals surface area contributed by atoms with Crippen LogP contribution in [0.15, 0.2) is 54.6 Å². The first-order valence-electron chi connectivity index (χ1n) is 9.26. The van der Waals surface area contributed by atoms with Crippen LogP contribution in [0.5, 0.6) is 5.75 Å². The van der Waals surface area contributed by atoms with E-state index in [0.29, 0.717) is 5.13 Å². The molecule has 0 spiro atoms. The van der Waals surface area contributed by atoms with Crippen molar-refractivity contribution in [2.45, 2.75) is 30.9 Å². The van der Waals surface area contributed by atoms with Gasteiger partial charge in [0.15, 0.2) is 5.72 Å². The maximum Gasteiger partial charge on any atom is 0.236 e. The van der Waals surface area contributed by atoms with Crippen molar-refractivity contribution in [3.8, 4) is 5.75 Å². The Kier molecular flexibility index (Phi) is 3.87. The number of benzene rings is 2. The fraction of sp³-hybridized carbons (Fsp3) is 0.286. The Bertz CT molecular complexity index is 1040. The number of carbonyl (C=O) groups excluding carboxylic acids is 1. The van der Waals surface area contributed by atoms with Crippen molar-refractivity contribution in [3.05, 3.63) is 65.2 Å². The number of carbonyl (C=O) groups is 1. The molecule has 28 heavy (non-hydrogen) atoms. The summed E-state index contributed by atoms with van der Waals surface area (Å²) in [5, 5.41) is 13.3. The van der Waals surface area contributed by atoms with Crippen molar-refractivity contribution in [1.29, 1.82) is 0 Å². The summed E-state index contributed by atoms with van der Waals surface area (Å²) in [5.41, 5.74) is 1.38. The number of ether oxygens (including phenoxy) is 1. The van der Waals surface area contributed by atoms with Gasteiger partial charge >= 0.3 is 0 Å². The van der Waals surface area contributed by atoms with Gasteiger partial charge in [0.1, 0.15) is 10.8 Å². The lowest BCUT2D eigenvalue weighted by atomic mass is 9.74. The number of piperidine rings is 1. The highest BCUT2D eigenvalue weighted by Gasteiger charge is 2.53. The summed E-state index contributed by atoms with van der Waals surface area (Å²) in [4.78, 5) is 15.0. The van der Waals surface area contributed by atoms with Crippen LogP contribution in [0.4, 0.5) is 10.8 Å². The summed E-state index contributed by atoms with van der Waals surface area (Å²) in [6.07, 6.45) is 0.734. The average Bonchev–Trinajstić information content (AvgIpc) is 3.15. The minimum atomic E-state index is -0.636. The van der Waals surface area contributed by atoms with E-state index in [0.717, 1.165) is 28.4 Å². The van der Waals surface area contributed by atoms with Gasteiger partial charge in [0.25, 0.3) is 0 Å². The fourth-order valence-electron chi connectivity index (χ4n) is 4.13. The second-order valence-corrected chi connectivity index (χ2v) is 8.45. The third-order valence-electron chi connectivity index (χ3n) is 5.69. The summed E-state index contributed by atoms with van der Waals surface area (Å²) in [6, 6.07) is 17.8. The second-order valence-electron chi connectivity index (χ2n) is 7.44. The van der Waals surface area contributed by atoms with Gasteiger partial charge in [0, 0.05) is 25.1 Å². The van der Waals surface area contributed by atoms with E-state index in [1.54, 1.807) is 4.90 Å². The molecule has 1 amide bonds. The molecule has 1 fully saturated rings. The van der Waals surface area contributed by atoms with Crippen molar-refractivity contribution >= 4 is 28.1 Å². The molecule has 5 rings (SSSR count). The molecule has 1 aromatic heterocycles. The topological polar surface area (TPSA) is 67.4 Å². The molecule has 2 aromatic carbocycles. The van der Waals surface area contributed by atoms with E-state index in [1.165, 1.54) is 11.3 Å². The number of anilines is 2. The van der Waals surface area contributed by atoms with Crippen molar-refractivity contribution in [3.63, 3.8) is 0 Å². The minimum Gasteiger partial charge on any atom is -0.468 e. The molecule has 2 bridgehead atoms. The van der Waals surface area contributed by atoms with E-state index in [2.05, 4.69) is 21.6 Å². The zero-order chi connectivity index (χ0) is 19.3. The molecule has 3 atom stereocenters. The summed E-state index contributed by atoms with van der Waals surface area (Å²) < 4.78 is 6.20. The highest BCUT2D eigenvalue weighted by molar-refractivity contribution is 7.15. The van der Waals surface area contributed by atoms with Crippen LogP contribution in [0, 0.1) is 0 Å². The van der Waals surface area contributed by atoms with Gasteiger partial charge in [0.05, 0.1) is 5.92 Å². The summed E-state index contributed by atoms with van der Waals surface area (Å²) in [7, 11) is 1.81. The van der Waals surface area contributed by atoms with E-state index in [9.17, 15) is 4.79 Å². The average molecular weight is 392 g/mol. The molecule has 2 aliphatic rings. The number of para-hydroxylation sites is 2. The van der Waals surface area contributed by atoms with Crippen molar-refractivity contribution in [2.75, 3.05) is 12.4 Å². The van der Waals surface area contributed by atoms with Gasteiger partial charge in [0.2, 0.25) is 11.0 Å². The number of likely N-dealkylation sites (tertiary alicyclic amines) is 1. The Hall–Kier alpha value is -2.93. The van der Waals surface area contributed by atoms with E-state index < -0.39 is 5.72 Å². The molecular weight excluding hydrogens is 372 g/mol. The predicted molar refractivity (Wildman–Crippen MR) is 108 cm³/mol. The van der Waals surface area contributed by atoms with Gasteiger partial charge < -0.3 is 15.0 Å². The van der Waals surface area contributed by atoms with Crippen LogP contribution in [0.3, 0.4) is 0 Å². The Balaban J connectivity index is 1.52. The number of fused-ring (bicyclic) bond motifs is 4. The molecule has 0 radical (unpaired) electrons. The smallest absolute Gasteiger partial charge is 0.236 e. The molecule has 0 aliphatic carbocycles. The predicted octanol–water partition coefficient (Wildman–Crippen LogP) is 4.12. The number of rotatable bonds is 3. The number of aromatic nitrogens is 2. The summed E-state index contributed by atoms with van der Waals surface area (Å²) >= 11 is 1.44. The number of nitrogens with zero attached hydrogens (tertiary/aromatic N) is 3. The lowest BCUT2D eigenvalue weighted by molar-refractivity contribution is -0.163. The third kappa shape index (κ3) is 2.65. The van der Waals surface area contributed by atoms with Gasteiger partial charge in [-0.15, -0.1) is 10.2 Å². The van der Waals surface area contributed by atoms with E-state index in [-0.39, 0.29) is 17.7 Å². The van der Waals surface area contributed by atoms with E-state index in [4.69, 9.17) is 4.74 Å². The normalized spacial score (nSPS) is 25.8. The van der Waals surface area contributed by atoms with Gasteiger partial charge in [-0.3, -0.25) is 4.79 Å². The van der Waals surface area contributed by atoms with Gasteiger partial charge in [-0.2, -0.15) is 0 Å². The molecule has 7 heteroatoms. The van der Waals surface area contributed by atoms with E-state index in [1.807, 2.05) is 62.5 Å². The van der Waals surface area contributed by atoms with Crippen molar-refractivity contribution in [1.82, 2.24) is 15.1 Å². The monoisotopic (exact) mass is 392 g/mol. The summed E-state index contributed by atoms with van der Waals surface area (Å²) in [5.74, 6) is 0.538. The largest absolute Gasteiger partial charge is 0.468 e. The van der Waals surface area contributed by atoms with Gasteiger partial charge in [-0.1, -0.05) is 47.7 Å². The number of likely N-dealkylation sites (N-methyl/N-ethyl adjacent to an activating group) is 1. The molecule has 0 saturated carbocycles. The summed E-state index contributed by atoms with van der Waals surface area (Å²) in [6.45, 7) is 1.98. The first-order chi connectivity index (χ1) is 13.5. The minimum absolute atomic E-state index is 0.0238. The van der Waals surface area contributed by atoms with Crippen molar-refractivity contribution in [2.24, 2.45) is 0 Å². The van der Waals surface area contributed by atoms with Crippen LogP contribution in [-0.2, 0) is 4.79 Å². The highest BCUT2D eigenvalue weighted by Crippen LogP contribution is 2.53. The molecule has 3 heterocycles. The Labute approximate surface area is 167 Å². The molecule has 3 unspecified atom stereocenters. The first-order valence-corrected chi connectivity index (χ1v) is 10.1. The van der Waals surface area contributed by atoms with Gasteiger partial charge in [-0.25, -0.2) is 0 Å². The number of nitrogens with one attached hydrogen (secondary N) is 1. The lowest BCUT2D eigenvalue weighted by Crippen LogP contribution is -2.60. The van der Waals surface area contributed by atoms with Crippen molar-refractivity contribution < 1.29 is 9.53 Å². The molecule has 2 aliphatic heterocycles. The van der Waals surface area contributed by atoms with Crippen LogP contribution >= 0.6 is 11.3 Å². The quantitative estimate of drug-likeness (QED) is 0.726. The zero-order valence-electron chi connectivity index (χ0n) is 15.6. The maximum absolute atomic E-state index is 13.3. The molecule has 1 saturated heterocycles. The van der Waals surface area contributed by atoms with E-state index >= 15 is 0 Å². The van der Waals surface area contributed by atoms with Crippen LogP contribution < -0.4 is 10.1 Å². The van der Waals surface area contributed by atoms with Crippen LogP contribution in [0.1, 0.15) is 35.8 Å². The molecule has 142 valence electrons. The number of hydrogen-bond acceptors (Lipinski definition) is 6. The standard InChI is InChI=1S/C21H20N4O2S/c1-21-12-15(14-10-6-7-11-16(14)27-21)17(19(26)25(21)2)18-23-24-20(28-18)22-13-8-4-3-5-9-13/h3-11,15,17H,12H2,1-2H3,(H,22,24). The first kappa shape index (κ1) is 17.2. The van der Waals surface area contributed by atoms with Gasteiger partial charge in [-0.05, 0) is 30.7 Å². The Morgan fingerprint density at radius 2 is 1.89 bits per heavy atom. The second kappa shape index (κ2) is 6.31. The third-order valence-corrected chi connectivity index (χ3v) is 6.61. The maximum atomic E-state index is 13.3. The Morgan fingerprint density at radius 1 is 1.14 bits per heavy atom. The fourth-order valence-corrected chi connectivity index (χ4v) is 5.05. The van der Waals surface area contributed by atoms with Crippen LogP contribution in [0.2, 0.25) is 0 Å². The zero-order valence-corrected chi connectivity index (χ0v) is 16.4. The SMILES string of the molecule is CN1C(=O)C(c2nnc(Nc3ccccc3)s2)C2CC1(C)Oc1ccccc12. The van der Waals surface area contributed by atoms with Crippen LogP contribution in [-0.4, -0.2) is 33.8 Å². The number of amides is 1. The lowest BCUT2D eigenvalue weighted by Gasteiger charge is -2.51. The highest BCUT2D eigenvalue weighted by atomic mass is 32.1. The Morgan fingerprint density at radius 3 is 2.71 bits per heavy atom. The molecule has 1 N–H and O–H groups in total. The molecule has 6 nitrogen and oxygen atoms in total.